The van der Waals surface area contributed by atoms with Crippen molar-refractivity contribution in [3.63, 3.8) is 0 Å². The third-order valence-corrected chi connectivity index (χ3v) is 4.58. The number of unbranched alkanes of at least 4 members (excludes halogenated alkanes) is 14. The van der Waals surface area contributed by atoms with Gasteiger partial charge in [0.25, 0.3) is 0 Å². The van der Waals surface area contributed by atoms with Crippen molar-refractivity contribution >= 4 is 0 Å². The molecule has 22 heavy (non-hydrogen) atoms. The normalized spacial score (nSPS) is 12.5. The highest BCUT2D eigenvalue weighted by Crippen LogP contribution is 2.14. The Labute approximate surface area is 140 Å². The molecule has 0 spiro atoms. The van der Waals surface area contributed by atoms with Crippen molar-refractivity contribution in [2.75, 3.05) is 0 Å². The summed E-state index contributed by atoms with van der Waals surface area (Å²) in [7, 11) is 0. The van der Waals surface area contributed by atoms with Crippen LogP contribution in [-0.4, -0.2) is 11.2 Å². The molecule has 132 valence electrons. The van der Waals surface area contributed by atoms with Crippen LogP contribution in [0.1, 0.15) is 116 Å². The van der Waals surface area contributed by atoms with E-state index in [-0.39, 0.29) is 6.10 Å². The highest BCUT2D eigenvalue weighted by atomic mass is 16.3. The Kier molecular flexibility index (Phi) is 18.5. The summed E-state index contributed by atoms with van der Waals surface area (Å²) >= 11 is 0. The fourth-order valence-electron chi connectivity index (χ4n) is 3.06. The molecule has 0 saturated carbocycles. The maximum Gasteiger partial charge on any atom is 0.0574 e. The van der Waals surface area contributed by atoms with E-state index in [0.29, 0.717) is 0 Å². The fraction of sp³-hybridized carbons (Fsp3) is 0.905. The Hall–Kier alpha value is -0.300. The Bertz CT molecular complexity index is 212. The molecule has 0 rings (SSSR count). The first-order valence-electron chi connectivity index (χ1n) is 10.1. The molecule has 0 heterocycles. The Balaban J connectivity index is 3.01. The van der Waals surface area contributed by atoms with Crippen molar-refractivity contribution in [3.05, 3.63) is 12.7 Å². The molecule has 0 aliphatic carbocycles. The van der Waals surface area contributed by atoms with E-state index in [1.165, 1.54) is 96.3 Å². The molecule has 0 aliphatic heterocycles. The van der Waals surface area contributed by atoms with Gasteiger partial charge in [0.2, 0.25) is 0 Å². The molecule has 0 aliphatic rings. The van der Waals surface area contributed by atoms with E-state index in [4.69, 9.17) is 0 Å². The summed E-state index contributed by atoms with van der Waals surface area (Å²) in [6, 6.07) is 0. The van der Waals surface area contributed by atoms with Crippen LogP contribution in [0.4, 0.5) is 0 Å². The van der Waals surface area contributed by atoms with Crippen LogP contribution in [0.25, 0.3) is 0 Å². The molecule has 0 bridgehead atoms. The van der Waals surface area contributed by atoms with Gasteiger partial charge in [-0.3, -0.25) is 0 Å². The second kappa shape index (κ2) is 18.7. The lowest BCUT2D eigenvalue weighted by Gasteiger charge is -2.07. The number of rotatable bonds is 18. The summed E-state index contributed by atoms with van der Waals surface area (Å²) in [4.78, 5) is 0. The van der Waals surface area contributed by atoms with Gasteiger partial charge in [0.1, 0.15) is 0 Å². The maximum atomic E-state index is 9.58. The summed E-state index contributed by atoms with van der Waals surface area (Å²) in [5.41, 5.74) is 0. The van der Waals surface area contributed by atoms with Gasteiger partial charge in [0.05, 0.1) is 6.10 Å². The minimum atomic E-state index is -0.153. The molecule has 0 aromatic carbocycles. The predicted molar refractivity (Wildman–Crippen MR) is 100 cm³/mol. The smallest absolute Gasteiger partial charge is 0.0574 e. The summed E-state index contributed by atoms with van der Waals surface area (Å²) < 4.78 is 0. The first kappa shape index (κ1) is 21.7. The Morgan fingerprint density at radius 1 is 0.682 bits per heavy atom. The van der Waals surface area contributed by atoms with Crippen LogP contribution >= 0.6 is 0 Å². The van der Waals surface area contributed by atoms with Crippen LogP contribution in [-0.2, 0) is 0 Å². The molecule has 0 radical (unpaired) electrons. The van der Waals surface area contributed by atoms with Crippen molar-refractivity contribution in [2.24, 2.45) is 0 Å². The van der Waals surface area contributed by atoms with Crippen LogP contribution in [0.3, 0.4) is 0 Å². The van der Waals surface area contributed by atoms with E-state index < -0.39 is 0 Å². The number of aliphatic hydroxyl groups is 1. The van der Waals surface area contributed by atoms with Gasteiger partial charge in [0.15, 0.2) is 0 Å². The van der Waals surface area contributed by atoms with Crippen LogP contribution in [0.2, 0.25) is 0 Å². The van der Waals surface area contributed by atoms with E-state index in [1.807, 2.05) is 6.08 Å². The van der Waals surface area contributed by atoms with E-state index in [0.717, 1.165) is 12.8 Å². The summed E-state index contributed by atoms with van der Waals surface area (Å²) in [6.45, 7) is 5.95. The molecule has 0 aromatic rings. The molecule has 1 atom stereocenters. The largest absolute Gasteiger partial charge is 0.393 e. The molecule has 0 amide bonds. The van der Waals surface area contributed by atoms with Crippen molar-refractivity contribution in [2.45, 2.75) is 122 Å². The van der Waals surface area contributed by atoms with Crippen LogP contribution in [0, 0.1) is 0 Å². The fourth-order valence-corrected chi connectivity index (χ4v) is 3.06. The van der Waals surface area contributed by atoms with E-state index in [9.17, 15) is 5.11 Å². The molecule has 0 aromatic heterocycles. The highest BCUT2D eigenvalue weighted by molar-refractivity contribution is 4.71. The zero-order valence-corrected chi connectivity index (χ0v) is 15.3. The zero-order chi connectivity index (χ0) is 16.3. The number of aliphatic hydroxyl groups excluding tert-OH is 1. The van der Waals surface area contributed by atoms with Gasteiger partial charge < -0.3 is 5.11 Å². The van der Waals surface area contributed by atoms with Gasteiger partial charge in [-0.25, -0.2) is 0 Å². The minimum Gasteiger partial charge on any atom is -0.393 e. The monoisotopic (exact) mass is 310 g/mol. The zero-order valence-electron chi connectivity index (χ0n) is 15.3. The lowest BCUT2D eigenvalue weighted by Crippen LogP contribution is -2.03. The first-order chi connectivity index (χ1) is 10.8. The molecule has 1 heteroatoms. The number of hydrogen-bond acceptors (Lipinski definition) is 1. The lowest BCUT2D eigenvalue weighted by atomic mass is 10.0. The van der Waals surface area contributed by atoms with Gasteiger partial charge in [0, 0.05) is 0 Å². The van der Waals surface area contributed by atoms with Crippen molar-refractivity contribution < 1.29 is 5.11 Å². The summed E-state index contributed by atoms with van der Waals surface area (Å²) in [6.07, 6.45) is 24.3. The number of hydrogen-bond donors (Lipinski definition) is 1. The molecular formula is C21H42O. The molecule has 0 fully saturated rings. The third kappa shape index (κ3) is 17.8. The molecule has 1 N–H and O–H groups in total. The minimum absolute atomic E-state index is 0.153. The topological polar surface area (TPSA) is 20.2 Å². The summed E-state index contributed by atoms with van der Waals surface area (Å²) in [5.74, 6) is 0. The molecule has 1 unspecified atom stereocenters. The van der Waals surface area contributed by atoms with Gasteiger partial charge in [-0.05, 0) is 12.8 Å². The summed E-state index contributed by atoms with van der Waals surface area (Å²) in [5, 5.41) is 9.58. The SMILES string of the molecule is C=CCC(O)CCCCCCCCCCCCCCCCC. The van der Waals surface area contributed by atoms with Crippen LogP contribution in [0.15, 0.2) is 12.7 Å². The van der Waals surface area contributed by atoms with Crippen LogP contribution < -0.4 is 0 Å². The van der Waals surface area contributed by atoms with Crippen LogP contribution in [0.5, 0.6) is 0 Å². The maximum absolute atomic E-state index is 9.58. The molecule has 1 nitrogen and oxygen atoms in total. The predicted octanol–water partition coefficient (Wildman–Crippen LogP) is 7.18. The van der Waals surface area contributed by atoms with Gasteiger partial charge in [-0.1, -0.05) is 109 Å². The lowest BCUT2D eigenvalue weighted by molar-refractivity contribution is 0.164. The van der Waals surface area contributed by atoms with Gasteiger partial charge in [-0.2, -0.15) is 0 Å². The van der Waals surface area contributed by atoms with E-state index in [1.54, 1.807) is 0 Å². The second-order valence-electron chi connectivity index (χ2n) is 6.92. The average molecular weight is 311 g/mol. The van der Waals surface area contributed by atoms with Crippen molar-refractivity contribution in [1.29, 1.82) is 0 Å². The van der Waals surface area contributed by atoms with Gasteiger partial charge >= 0.3 is 0 Å². The second-order valence-corrected chi connectivity index (χ2v) is 6.92. The standard InChI is InChI=1S/C21H42O/c1-3-5-6-7-8-9-10-11-12-13-14-15-16-17-18-20-21(22)19-4-2/h4,21-22H,2-3,5-20H2,1H3. The Morgan fingerprint density at radius 2 is 1.05 bits per heavy atom. The van der Waals surface area contributed by atoms with Crippen molar-refractivity contribution in [3.8, 4) is 0 Å². The third-order valence-electron chi connectivity index (χ3n) is 4.58. The molecule has 0 saturated heterocycles. The van der Waals surface area contributed by atoms with Crippen molar-refractivity contribution in [1.82, 2.24) is 0 Å². The van der Waals surface area contributed by atoms with E-state index >= 15 is 0 Å². The molecular weight excluding hydrogens is 268 g/mol. The van der Waals surface area contributed by atoms with Gasteiger partial charge in [-0.15, -0.1) is 6.58 Å². The quantitative estimate of drug-likeness (QED) is 0.210. The average Bonchev–Trinajstić information content (AvgIpc) is 2.51. The first-order valence-corrected chi connectivity index (χ1v) is 10.1. The highest BCUT2D eigenvalue weighted by Gasteiger charge is 2.00. The Morgan fingerprint density at radius 3 is 1.41 bits per heavy atom. The van der Waals surface area contributed by atoms with E-state index in [2.05, 4.69) is 13.5 Å².